The molecule has 0 aliphatic rings. The molecule has 0 saturated carbocycles. The summed E-state index contributed by atoms with van der Waals surface area (Å²) in [6, 6.07) is 90.0. The van der Waals surface area contributed by atoms with Crippen molar-refractivity contribution in [2.75, 3.05) is 4.90 Å². The van der Waals surface area contributed by atoms with Crippen molar-refractivity contribution in [1.29, 1.82) is 0 Å². The summed E-state index contributed by atoms with van der Waals surface area (Å²) in [7, 11) is 0. The minimum absolute atomic E-state index is 1.07. The second-order valence-corrected chi connectivity index (χ2v) is 14.9. The molecular weight excluding hydrogens is 711 g/mol. The molecule has 10 aromatic carbocycles. The summed E-state index contributed by atoms with van der Waals surface area (Å²) < 4.78 is 0. The normalized spacial score (nSPS) is 11.1. The van der Waals surface area contributed by atoms with Gasteiger partial charge in [0.25, 0.3) is 0 Å². The van der Waals surface area contributed by atoms with E-state index in [0.29, 0.717) is 0 Å². The number of benzene rings is 10. The van der Waals surface area contributed by atoms with Crippen LogP contribution in [0.5, 0.6) is 0 Å². The first-order chi connectivity index (χ1) is 29.3. The Labute approximate surface area is 346 Å². The highest BCUT2D eigenvalue weighted by Gasteiger charge is 2.24. The Hall–Kier alpha value is -7.74. The molecule has 278 valence electrons. The van der Waals surface area contributed by atoms with Gasteiger partial charge in [-0.3, -0.25) is 0 Å². The van der Waals surface area contributed by atoms with Crippen molar-refractivity contribution in [2.45, 2.75) is 0 Å². The lowest BCUT2D eigenvalue weighted by Crippen LogP contribution is -2.13. The van der Waals surface area contributed by atoms with Gasteiger partial charge < -0.3 is 4.90 Å². The van der Waals surface area contributed by atoms with Crippen LogP contribution in [-0.2, 0) is 0 Å². The molecule has 0 atom stereocenters. The predicted octanol–water partition coefficient (Wildman–Crippen LogP) is 16.3. The fourth-order valence-corrected chi connectivity index (χ4v) is 8.44. The number of hydrogen-bond acceptors (Lipinski definition) is 1. The molecule has 0 unspecified atom stereocenters. The van der Waals surface area contributed by atoms with Gasteiger partial charge in [0.15, 0.2) is 0 Å². The Kier molecular flexibility index (Phi) is 9.68. The molecule has 0 heterocycles. The maximum Gasteiger partial charge on any atom is 0.0618 e. The van der Waals surface area contributed by atoms with E-state index in [1.54, 1.807) is 0 Å². The van der Waals surface area contributed by atoms with Crippen LogP contribution in [0.4, 0.5) is 17.1 Å². The second kappa shape index (κ2) is 16.0. The number of nitrogens with zero attached hydrogens (tertiary/aromatic N) is 1. The average molecular weight is 752 g/mol. The molecule has 0 fully saturated rings. The quantitative estimate of drug-likeness (QED) is 0.142. The first kappa shape index (κ1) is 35.7. The lowest BCUT2D eigenvalue weighted by Gasteiger charge is -2.31. The molecular formula is C58H41N. The highest BCUT2D eigenvalue weighted by molar-refractivity contribution is 6.07. The molecule has 0 aliphatic heterocycles. The van der Waals surface area contributed by atoms with E-state index >= 15 is 0 Å². The van der Waals surface area contributed by atoms with Gasteiger partial charge in [-0.15, -0.1) is 0 Å². The first-order valence-corrected chi connectivity index (χ1v) is 20.3. The van der Waals surface area contributed by atoms with Gasteiger partial charge in [0.05, 0.1) is 5.69 Å². The number of hydrogen-bond donors (Lipinski definition) is 0. The highest BCUT2D eigenvalue weighted by atomic mass is 15.1. The first-order valence-electron chi connectivity index (χ1n) is 20.3. The van der Waals surface area contributed by atoms with Crippen molar-refractivity contribution < 1.29 is 0 Å². The summed E-state index contributed by atoms with van der Waals surface area (Å²) in [5.41, 5.74) is 17.4. The van der Waals surface area contributed by atoms with Gasteiger partial charge in [-0.2, -0.15) is 0 Å². The minimum atomic E-state index is 1.07. The van der Waals surface area contributed by atoms with E-state index in [1.807, 2.05) is 0 Å². The van der Waals surface area contributed by atoms with Crippen LogP contribution in [-0.4, -0.2) is 0 Å². The van der Waals surface area contributed by atoms with Gasteiger partial charge in [-0.25, -0.2) is 0 Å². The summed E-state index contributed by atoms with van der Waals surface area (Å²) in [4.78, 5) is 2.47. The van der Waals surface area contributed by atoms with Crippen LogP contribution in [0.25, 0.3) is 77.5 Å². The Morgan fingerprint density at radius 1 is 0.220 bits per heavy atom. The van der Waals surface area contributed by atoms with Gasteiger partial charge in [0, 0.05) is 22.5 Å². The summed E-state index contributed by atoms with van der Waals surface area (Å²) in [5.74, 6) is 0. The SMILES string of the molecule is c1ccc(-c2ccc(N(c3cccc(-c4cccc5cccc(-c6ccccc6)c45)c3)c3c(-c4ccccc4)cc(-c4ccccc4)cc3-c3ccccc3)cc2)cc1. The van der Waals surface area contributed by atoms with E-state index < -0.39 is 0 Å². The largest absolute Gasteiger partial charge is 0.309 e. The minimum Gasteiger partial charge on any atom is -0.309 e. The number of rotatable bonds is 9. The Balaban J connectivity index is 1.25. The Morgan fingerprint density at radius 3 is 1.12 bits per heavy atom. The van der Waals surface area contributed by atoms with Crippen LogP contribution in [0.3, 0.4) is 0 Å². The van der Waals surface area contributed by atoms with Gasteiger partial charge in [-0.05, 0) is 103 Å². The molecule has 0 spiro atoms. The molecule has 10 aromatic rings. The zero-order valence-corrected chi connectivity index (χ0v) is 32.6. The molecule has 1 heteroatoms. The van der Waals surface area contributed by atoms with Crippen LogP contribution in [0.15, 0.2) is 249 Å². The van der Waals surface area contributed by atoms with Crippen molar-refractivity contribution in [3.8, 4) is 66.8 Å². The summed E-state index contributed by atoms with van der Waals surface area (Å²) in [6.07, 6.45) is 0. The molecule has 0 saturated heterocycles. The van der Waals surface area contributed by atoms with Crippen LogP contribution in [0.1, 0.15) is 0 Å². The number of anilines is 3. The maximum atomic E-state index is 2.47. The topological polar surface area (TPSA) is 3.24 Å². The van der Waals surface area contributed by atoms with Gasteiger partial charge in [0.1, 0.15) is 0 Å². The molecule has 0 amide bonds. The molecule has 10 rings (SSSR count). The van der Waals surface area contributed by atoms with E-state index in [9.17, 15) is 0 Å². The van der Waals surface area contributed by atoms with E-state index in [1.165, 1.54) is 49.7 Å². The van der Waals surface area contributed by atoms with Crippen molar-refractivity contribution in [1.82, 2.24) is 0 Å². The zero-order chi connectivity index (χ0) is 39.4. The van der Waals surface area contributed by atoms with Crippen LogP contribution in [0.2, 0.25) is 0 Å². The Bertz CT molecular complexity index is 2930. The van der Waals surface area contributed by atoms with Gasteiger partial charge >= 0.3 is 0 Å². The summed E-state index contributed by atoms with van der Waals surface area (Å²) >= 11 is 0. The fourth-order valence-electron chi connectivity index (χ4n) is 8.44. The van der Waals surface area contributed by atoms with Crippen molar-refractivity contribution in [2.24, 2.45) is 0 Å². The molecule has 0 aliphatic carbocycles. The molecule has 0 bridgehead atoms. The molecule has 0 radical (unpaired) electrons. The summed E-state index contributed by atoms with van der Waals surface area (Å²) in [5, 5.41) is 2.47. The maximum absolute atomic E-state index is 2.47. The van der Waals surface area contributed by atoms with Crippen LogP contribution in [0, 0.1) is 0 Å². The molecule has 0 aromatic heterocycles. The van der Waals surface area contributed by atoms with Crippen molar-refractivity contribution in [3.05, 3.63) is 249 Å². The van der Waals surface area contributed by atoms with E-state index in [2.05, 4.69) is 254 Å². The molecule has 1 nitrogen and oxygen atoms in total. The lowest BCUT2D eigenvalue weighted by atomic mass is 9.89. The van der Waals surface area contributed by atoms with Crippen LogP contribution < -0.4 is 4.90 Å². The highest BCUT2D eigenvalue weighted by Crippen LogP contribution is 2.49. The number of fused-ring (bicyclic) bond motifs is 1. The third-order valence-corrected chi connectivity index (χ3v) is 11.2. The average Bonchev–Trinajstić information content (AvgIpc) is 3.33. The van der Waals surface area contributed by atoms with E-state index in [4.69, 9.17) is 0 Å². The third-order valence-electron chi connectivity index (χ3n) is 11.2. The zero-order valence-electron chi connectivity index (χ0n) is 32.6. The van der Waals surface area contributed by atoms with Crippen molar-refractivity contribution >= 4 is 27.8 Å². The lowest BCUT2D eigenvalue weighted by molar-refractivity contribution is 1.28. The van der Waals surface area contributed by atoms with Crippen molar-refractivity contribution in [3.63, 3.8) is 0 Å². The van der Waals surface area contributed by atoms with E-state index in [-0.39, 0.29) is 0 Å². The summed E-state index contributed by atoms with van der Waals surface area (Å²) in [6.45, 7) is 0. The third kappa shape index (κ3) is 7.12. The smallest absolute Gasteiger partial charge is 0.0618 e. The van der Waals surface area contributed by atoms with E-state index in [0.717, 1.165) is 44.9 Å². The molecule has 59 heavy (non-hydrogen) atoms. The monoisotopic (exact) mass is 751 g/mol. The van der Waals surface area contributed by atoms with Crippen LogP contribution >= 0.6 is 0 Å². The fraction of sp³-hybridized carbons (Fsp3) is 0. The second-order valence-electron chi connectivity index (χ2n) is 14.9. The predicted molar refractivity (Wildman–Crippen MR) is 251 cm³/mol. The van der Waals surface area contributed by atoms with Gasteiger partial charge in [-0.1, -0.05) is 212 Å². The standard InChI is InChI=1S/C58H41N/c1-6-19-42(20-7-1)44-35-37-51(38-36-44)59(52-32-16-31-49(39-52)54-34-18-30-48-29-17-33-53(57(48)54)45-23-10-3-11-24-45)58-55(46-25-12-4-13-26-46)40-50(43-21-8-2-9-22-43)41-56(58)47-27-14-5-15-28-47/h1-41H. The van der Waals surface area contributed by atoms with Gasteiger partial charge in [0.2, 0.25) is 0 Å². The Morgan fingerprint density at radius 2 is 0.610 bits per heavy atom. The molecule has 0 N–H and O–H groups in total.